The standard InChI is InChI=1S/C16H13N4O.C5H5.Fe/c17-20-16(21)11-9-12(14-5-1-3-7-18-14)13(10-11)15-6-2-4-8-19-15;1-2-4-5-3-1;/h1-10H,17H2,(H,20,21);1-5H;. The maximum absolute atomic E-state index is 13.5. The van der Waals surface area contributed by atoms with Crippen LogP contribution in [0.4, 0.5) is 0 Å². The molecule has 12 rings (SSSR count). The van der Waals surface area contributed by atoms with Crippen LogP contribution in [0.15, 0.2) is 48.8 Å². The monoisotopic (exact) mass is 398 g/mol. The molecule has 5 nitrogen and oxygen atoms in total. The fraction of sp³-hybridized carbons (Fsp3) is 0.476. The summed E-state index contributed by atoms with van der Waals surface area (Å²) in [5.41, 5.74) is 5.35. The molecule has 4 unspecified atom stereocenters. The summed E-state index contributed by atoms with van der Waals surface area (Å²) in [5, 5.41) is 0. The van der Waals surface area contributed by atoms with Crippen LogP contribution in [-0.2, 0) is 19.9 Å². The van der Waals surface area contributed by atoms with Crippen LogP contribution in [-0.4, -0.2) is 15.9 Å². The van der Waals surface area contributed by atoms with Crippen molar-refractivity contribution in [2.45, 2.75) is 46.7 Å². The Balaban J connectivity index is 1.41. The molecule has 0 aromatic carbocycles. The zero-order valence-corrected chi connectivity index (χ0v) is 15.5. The minimum absolute atomic E-state index is 0.0203. The first-order valence-electron chi connectivity index (χ1n) is 10.1. The summed E-state index contributed by atoms with van der Waals surface area (Å²) in [4.78, 5) is 29.4. The van der Waals surface area contributed by atoms with E-state index in [0.717, 1.165) is 24.1 Å². The van der Waals surface area contributed by atoms with Gasteiger partial charge in [0.15, 0.2) is 0 Å². The van der Waals surface area contributed by atoms with Crippen LogP contribution in [0, 0.1) is 0 Å². The molecule has 10 saturated heterocycles. The van der Waals surface area contributed by atoms with Gasteiger partial charge in [-0.25, -0.2) is 0 Å². The Hall–Kier alpha value is -1.75. The normalized spacial score (nSPS) is 84.4. The van der Waals surface area contributed by atoms with Crippen molar-refractivity contribution in [1.82, 2.24) is 15.4 Å². The molecule has 3 N–H and O–H groups in total. The molecule has 0 saturated carbocycles. The van der Waals surface area contributed by atoms with E-state index in [1.54, 1.807) is 0 Å². The van der Waals surface area contributed by atoms with E-state index in [4.69, 9.17) is 15.8 Å². The van der Waals surface area contributed by atoms with Crippen LogP contribution in [0.25, 0.3) is 0 Å². The van der Waals surface area contributed by atoms with Crippen LogP contribution in [0.2, 0.25) is 38.0 Å². The Morgan fingerprint density at radius 3 is 1.70 bits per heavy atom. The molecule has 1 amide bonds. The minimum atomic E-state index is -4.30. The van der Waals surface area contributed by atoms with E-state index in [1.165, 1.54) is 11.4 Å². The van der Waals surface area contributed by atoms with Crippen LogP contribution in [0.5, 0.6) is 0 Å². The number of nitrogens with two attached hydrogens (primary N) is 1. The summed E-state index contributed by atoms with van der Waals surface area (Å²) in [5.74, 6) is 6.05. The SMILES string of the molecule is NNC(=O)[C]12[CH]3[C]4(c5ccccn5)[C]5(c6ccccn6)[CH]1[Fe]32451678[CH]2[CH]1[CH]6[CH]7[CH]28. The summed E-state index contributed by atoms with van der Waals surface area (Å²) in [6, 6.07) is 13.0. The van der Waals surface area contributed by atoms with Gasteiger partial charge in [-0.15, -0.1) is 0 Å². The summed E-state index contributed by atoms with van der Waals surface area (Å²) >= 11 is 0. The van der Waals surface area contributed by atoms with Crippen molar-refractivity contribution in [1.29, 1.82) is 0 Å². The van der Waals surface area contributed by atoms with Crippen molar-refractivity contribution >= 4 is 5.91 Å². The number of rotatable bonds is 3. The van der Waals surface area contributed by atoms with Crippen molar-refractivity contribution in [2.75, 3.05) is 0 Å². The molecule has 27 heavy (non-hydrogen) atoms. The molecular formula is C21H18FeN4O. The molecule has 0 aliphatic carbocycles. The van der Waals surface area contributed by atoms with Crippen LogP contribution in [0.3, 0.4) is 0 Å². The molecule has 136 valence electrons. The molecule has 0 bridgehead atoms. The van der Waals surface area contributed by atoms with Crippen molar-refractivity contribution in [3.8, 4) is 0 Å². The number of pyridine rings is 2. The van der Waals surface area contributed by atoms with E-state index in [1.807, 2.05) is 24.5 Å². The molecular weight excluding hydrogens is 380 g/mol. The third kappa shape index (κ3) is 0.160. The summed E-state index contributed by atoms with van der Waals surface area (Å²) in [6.07, 6.45) is 3.95. The van der Waals surface area contributed by atoms with Crippen molar-refractivity contribution in [3.05, 3.63) is 60.2 Å². The molecule has 10 aliphatic rings. The Morgan fingerprint density at radius 1 is 0.889 bits per heavy atom. The summed E-state index contributed by atoms with van der Waals surface area (Å²) in [7, 11) is 0. The number of nitrogens with one attached hydrogen (secondary N) is 1. The van der Waals surface area contributed by atoms with Gasteiger partial charge < -0.3 is 0 Å². The molecule has 6 heteroatoms. The first-order chi connectivity index (χ1) is 13.0. The molecule has 1 spiro atoms. The average molecular weight is 398 g/mol. The zero-order chi connectivity index (χ0) is 17.4. The first kappa shape index (κ1) is 11.3. The van der Waals surface area contributed by atoms with E-state index in [-0.39, 0.29) is 18.8 Å². The van der Waals surface area contributed by atoms with Gasteiger partial charge in [0, 0.05) is 0 Å². The van der Waals surface area contributed by atoms with Gasteiger partial charge in [-0.3, -0.25) is 0 Å². The topological polar surface area (TPSA) is 80.9 Å². The number of amides is 1. The zero-order valence-electron chi connectivity index (χ0n) is 14.4. The van der Waals surface area contributed by atoms with Crippen LogP contribution >= 0.6 is 0 Å². The van der Waals surface area contributed by atoms with Crippen molar-refractivity contribution in [3.63, 3.8) is 0 Å². The van der Waals surface area contributed by atoms with Crippen molar-refractivity contribution in [2.24, 2.45) is 5.84 Å². The predicted molar refractivity (Wildman–Crippen MR) is 93.1 cm³/mol. The molecule has 0 radical (unpaired) electrons. The number of hydrogen-bond donors (Lipinski definition) is 2. The number of hydrogen-bond acceptors (Lipinski definition) is 4. The second-order valence-corrected chi connectivity index (χ2v) is 35.6. The van der Waals surface area contributed by atoms with Gasteiger partial charge >= 0.3 is 145 Å². The maximum atomic E-state index is 13.5. The molecule has 2 aromatic rings. The van der Waals surface area contributed by atoms with Gasteiger partial charge in [0.05, 0.1) is 0 Å². The van der Waals surface area contributed by atoms with Gasteiger partial charge in [-0.1, -0.05) is 0 Å². The number of nitrogens with zero attached hydrogens (tertiary/aromatic N) is 2. The first-order valence-corrected chi connectivity index (χ1v) is 16.2. The summed E-state index contributed by atoms with van der Waals surface area (Å²) < 4.78 is 0.459. The van der Waals surface area contributed by atoms with Gasteiger partial charge in [-0.2, -0.15) is 0 Å². The third-order valence-electron chi connectivity index (χ3n) is 17.5. The van der Waals surface area contributed by atoms with Gasteiger partial charge in [-0.05, 0) is 0 Å². The molecule has 12 heterocycles. The van der Waals surface area contributed by atoms with Crippen LogP contribution < -0.4 is 11.3 Å². The summed E-state index contributed by atoms with van der Waals surface area (Å²) in [6.45, 7) is -4.30. The Kier molecular flexibility index (Phi) is 0.525. The van der Waals surface area contributed by atoms with E-state index < -0.39 is 6.51 Å². The van der Waals surface area contributed by atoms with E-state index in [9.17, 15) is 4.79 Å². The fourth-order valence-electron chi connectivity index (χ4n) is 20.2. The molecule has 10 aliphatic heterocycles. The molecule has 10 fully saturated rings. The fourth-order valence-corrected chi connectivity index (χ4v) is 97.5. The predicted octanol–water partition coefficient (Wildman–Crippen LogP) is 2.74. The van der Waals surface area contributed by atoms with Crippen LogP contribution in [0.1, 0.15) is 11.4 Å². The molecule has 4 atom stereocenters. The van der Waals surface area contributed by atoms with Gasteiger partial charge in [0.2, 0.25) is 0 Å². The number of aromatic nitrogens is 2. The molecule has 2 aromatic heterocycles. The van der Waals surface area contributed by atoms with Gasteiger partial charge in [0.1, 0.15) is 0 Å². The second-order valence-electron chi connectivity index (χ2n) is 12.8. The Morgan fingerprint density at radius 2 is 1.37 bits per heavy atom. The van der Waals surface area contributed by atoms with Gasteiger partial charge in [0.25, 0.3) is 0 Å². The van der Waals surface area contributed by atoms with E-state index >= 15 is 0 Å². The average Bonchev–Trinajstić information content (AvgIpc) is 3.68. The second kappa shape index (κ2) is 1.25. The Bertz CT molecular complexity index is 1540. The Labute approximate surface area is 145 Å². The van der Waals surface area contributed by atoms with E-state index in [2.05, 4.69) is 29.7 Å². The number of carbonyl (C=O) groups excluding carboxylic acids is 1. The van der Waals surface area contributed by atoms with E-state index in [0.29, 0.717) is 9.63 Å². The number of hydrazine groups is 1. The number of fused-ring (bicyclic) bond motifs is 10. The van der Waals surface area contributed by atoms with Crippen molar-refractivity contribution < 1.29 is 11.3 Å². The third-order valence-corrected chi connectivity index (χ3v) is 60.6. The quantitative estimate of drug-likeness (QED) is 0.361. The number of carbonyl (C=O) groups is 1.